The van der Waals surface area contributed by atoms with Gasteiger partial charge in [0.25, 0.3) is 0 Å². The van der Waals surface area contributed by atoms with Crippen LogP contribution in [0.3, 0.4) is 0 Å². The maximum Gasteiger partial charge on any atom is 0.307 e. The van der Waals surface area contributed by atoms with Gasteiger partial charge in [0.1, 0.15) is 17.9 Å². The first-order valence-electron chi connectivity index (χ1n) is 9.97. The zero-order valence-electron chi connectivity index (χ0n) is 18.0. The number of nitrogens with one attached hydrogen (secondary N) is 1. The van der Waals surface area contributed by atoms with E-state index in [1.165, 1.54) is 13.3 Å². The number of hydrogen-bond acceptors (Lipinski definition) is 6. The van der Waals surface area contributed by atoms with Crippen LogP contribution in [-0.2, 0) is 6.42 Å². The number of benzene rings is 2. The van der Waals surface area contributed by atoms with Crippen LogP contribution in [0.25, 0.3) is 11.0 Å². The van der Waals surface area contributed by atoms with Crippen molar-refractivity contribution in [1.29, 1.82) is 0 Å². The van der Waals surface area contributed by atoms with Crippen LogP contribution in [-0.4, -0.2) is 32.4 Å². The van der Waals surface area contributed by atoms with Crippen molar-refractivity contribution in [3.05, 3.63) is 65.9 Å². The van der Waals surface area contributed by atoms with Crippen molar-refractivity contribution in [2.24, 2.45) is 5.10 Å². The summed E-state index contributed by atoms with van der Waals surface area (Å²) in [4.78, 5) is 12.5. The topological polar surface area (TPSA) is 82.3 Å². The molecule has 3 aromatic rings. The Morgan fingerprint density at radius 2 is 2.12 bits per heavy atom. The summed E-state index contributed by atoms with van der Waals surface area (Å²) in [5.74, 6) is 3.89. The van der Waals surface area contributed by atoms with E-state index >= 15 is 0 Å². The Balaban J connectivity index is 1.76. The average molecular weight is 432 g/mol. The second-order valence-electron chi connectivity index (χ2n) is 6.64. The summed E-state index contributed by atoms with van der Waals surface area (Å²) >= 11 is 0. The number of amides is 1. The van der Waals surface area contributed by atoms with Gasteiger partial charge in [-0.1, -0.05) is 12.0 Å². The van der Waals surface area contributed by atoms with E-state index in [0.717, 1.165) is 10.9 Å². The molecule has 1 aromatic heterocycles. The van der Waals surface area contributed by atoms with Gasteiger partial charge < -0.3 is 18.6 Å². The molecule has 0 saturated heterocycles. The first-order valence-corrected chi connectivity index (χ1v) is 9.97. The van der Waals surface area contributed by atoms with Gasteiger partial charge in [-0.3, -0.25) is 4.79 Å². The second-order valence-corrected chi connectivity index (χ2v) is 6.64. The zero-order valence-corrected chi connectivity index (χ0v) is 18.0. The Morgan fingerprint density at radius 1 is 1.28 bits per heavy atom. The molecule has 0 fully saturated rings. The van der Waals surface area contributed by atoms with Crippen LogP contribution in [0.5, 0.6) is 17.2 Å². The van der Waals surface area contributed by atoms with Crippen molar-refractivity contribution >= 4 is 23.1 Å². The number of ether oxygens (including phenoxy) is 3. The summed E-state index contributed by atoms with van der Waals surface area (Å²) in [6.45, 7) is 6.35. The molecular formula is C25H24N2O5. The maximum atomic E-state index is 12.5. The molecule has 0 aliphatic carbocycles. The standard InChI is InChI=1S/C25H24N2O5/c1-5-8-18-12-17(13-22(29-4)24(18)31-11-6-2)16-26-27-25(28)23-15-19-14-20(30-7-3)9-10-21(19)32-23/h2,5,9-10,12-16H,1,7-8,11H2,3-4H3,(H,27,28)/b26-16+. The van der Waals surface area contributed by atoms with Crippen molar-refractivity contribution in [3.8, 4) is 29.6 Å². The summed E-state index contributed by atoms with van der Waals surface area (Å²) in [6.07, 6.45) is 9.10. The van der Waals surface area contributed by atoms with E-state index in [-0.39, 0.29) is 12.4 Å². The second kappa shape index (κ2) is 10.7. The number of hydrogen-bond donors (Lipinski definition) is 1. The molecule has 0 radical (unpaired) electrons. The van der Waals surface area contributed by atoms with Crippen LogP contribution < -0.4 is 19.6 Å². The molecule has 0 aliphatic heterocycles. The number of carbonyl (C=O) groups is 1. The van der Waals surface area contributed by atoms with Crippen LogP contribution in [0.1, 0.15) is 28.6 Å². The van der Waals surface area contributed by atoms with Gasteiger partial charge in [0.15, 0.2) is 17.3 Å². The molecule has 32 heavy (non-hydrogen) atoms. The molecule has 7 heteroatoms. The minimum atomic E-state index is -0.470. The van der Waals surface area contributed by atoms with Crippen molar-refractivity contribution in [2.45, 2.75) is 13.3 Å². The van der Waals surface area contributed by atoms with Gasteiger partial charge in [-0.15, -0.1) is 13.0 Å². The number of nitrogens with zero attached hydrogens (tertiary/aromatic N) is 1. The van der Waals surface area contributed by atoms with E-state index < -0.39 is 5.91 Å². The van der Waals surface area contributed by atoms with E-state index in [4.69, 9.17) is 25.1 Å². The molecule has 0 bridgehead atoms. The Bertz CT molecular complexity index is 1190. The van der Waals surface area contributed by atoms with E-state index in [1.54, 1.807) is 30.3 Å². The minimum absolute atomic E-state index is 0.119. The number of terminal acetylenes is 1. The Morgan fingerprint density at radius 3 is 2.84 bits per heavy atom. The van der Waals surface area contributed by atoms with Gasteiger partial charge >= 0.3 is 5.91 Å². The molecular weight excluding hydrogens is 408 g/mol. The van der Waals surface area contributed by atoms with Crippen molar-refractivity contribution < 1.29 is 23.4 Å². The lowest BCUT2D eigenvalue weighted by Gasteiger charge is -2.14. The number of rotatable bonds is 10. The van der Waals surface area contributed by atoms with E-state index in [0.29, 0.717) is 41.4 Å². The fourth-order valence-corrected chi connectivity index (χ4v) is 3.10. The molecule has 1 amide bonds. The summed E-state index contributed by atoms with van der Waals surface area (Å²) in [5, 5.41) is 4.81. The summed E-state index contributed by atoms with van der Waals surface area (Å²) in [7, 11) is 1.54. The molecule has 0 unspecified atom stereocenters. The predicted octanol–water partition coefficient (Wildman–Crippen LogP) is 4.34. The number of hydrazone groups is 1. The predicted molar refractivity (Wildman–Crippen MR) is 124 cm³/mol. The summed E-state index contributed by atoms with van der Waals surface area (Å²) in [5.41, 5.74) is 4.60. The number of fused-ring (bicyclic) bond motifs is 1. The highest BCUT2D eigenvalue weighted by atomic mass is 16.5. The lowest BCUT2D eigenvalue weighted by Crippen LogP contribution is -2.16. The van der Waals surface area contributed by atoms with Crippen molar-refractivity contribution in [1.82, 2.24) is 5.43 Å². The lowest BCUT2D eigenvalue weighted by atomic mass is 10.1. The third-order valence-electron chi connectivity index (χ3n) is 4.44. The Labute approximate surface area is 186 Å². The van der Waals surface area contributed by atoms with Gasteiger partial charge in [-0.25, -0.2) is 5.43 Å². The monoisotopic (exact) mass is 432 g/mol. The fraction of sp³-hybridized carbons (Fsp3) is 0.200. The van der Waals surface area contributed by atoms with E-state index in [2.05, 4.69) is 23.0 Å². The molecule has 3 rings (SSSR count). The highest BCUT2D eigenvalue weighted by Crippen LogP contribution is 2.33. The smallest absolute Gasteiger partial charge is 0.307 e. The normalized spacial score (nSPS) is 10.7. The SMILES string of the molecule is C#CCOc1c(CC=C)cc(/C=N/NC(=O)c2cc3cc(OCC)ccc3o2)cc1OC. The highest BCUT2D eigenvalue weighted by Gasteiger charge is 2.14. The molecule has 0 aliphatic rings. The number of allylic oxidation sites excluding steroid dienone is 1. The zero-order chi connectivity index (χ0) is 22.9. The molecule has 0 saturated carbocycles. The summed E-state index contributed by atoms with van der Waals surface area (Å²) in [6, 6.07) is 10.6. The number of furan rings is 1. The molecule has 0 atom stereocenters. The molecule has 7 nitrogen and oxygen atoms in total. The van der Waals surface area contributed by atoms with Crippen LogP contribution >= 0.6 is 0 Å². The first-order chi connectivity index (χ1) is 15.6. The molecule has 1 N–H and O–H groups in total. The minimum Gasteiger partial charge on any atom is -0.494 e. The lowest BCUT2D eigenvalue weighted by molar-refractivity contribution is 0.0929. The van der Waals surface area contributed by atoms with E-state index in [9.17, 15) is 4.79 Å². The van der Waals surface area contributed by atoms with Crippen LogP contribution in [0.2, 0.25) is 0 Å². The Hall–Kier alpha value is -4.18. The molecule has 0 spiro atoms. The third-order valence-corrected chi connectivity index (χ3v) is 4.44. The number of carbonyl (C=O) groups excluding carboxylic acids is 1. The highest BCUT2D eigenvalue weighted by molar-refractivity contribution is 5.96. The largest absolute Gasteiger partial charge is 0.494 e. The maximum absolute atomic E-state index is 12.5. The van der Waals surface area contributed by atoms with Gasteiger partial charge in [0, 0.05) is 10.9 Å². The van der Waals surface area contributed by atoms with Crippen LogP contribution in [0.15, 0.2) is 58.6 Å². The van der Waals surface area contributed by atoms with E-state index in [1.807, 2.05) is 19.1 Å². The van der Waals surface area contributed by atoms with Crippen molar-refractivity contribution in [2.75, 3.05) is 20.3 Å². The fourth-order valence-electron chi connectivity index (χ4n) is 3.10. The average Bonchev–Trinajstić information content (AvgIpc) is 3.22. The number of methoxy groups -OCH3 is 1. The van der Waals surface area contributed by atoms with Gasteiger partial charge in [-0.05, 0) is 55.3 Å². The molecule has 2 aromatic carbocycles. The Kier molecular flexibility index (Phi) is 7.55. The molecule has 1 heterocycles. The van der Waals surface area contributed by atoms with Crippen LogP contribution in [0, 0.1) is 12.3 Å². The summed E-state index contributed by atoms with van der Waals surface area (Å²) < 4.78 is 22.1. The van der Waals surface area contributed by atoms with Crippen molar-refractivity contribution in [3.63, 3.8) is 0 Å². The van der Waals surface area contributed by atoms with Gasteiger partial charge in [0.05, 0.1) is 19.9 Å². The molecule has 164 valence electrons. The first kappa shape index (κ1) is 22.5. The van der Waals surface area contributed by atoms with Gasteiger partial charge in [0.2, 0.25) is 0 Å². The third kappa shape index (κ3) is 5.29. The quantitative estimate of drug-likeness (QED) is 0.223. The van der Waals surface area contributed by atoms with Crippen LogP contribution in [0.4, 0.5) is 0 Å². The van der Waals surface area contributed by atoms with Gasteiger partial charge in [-0.2, -0.15) is 5.10 Å².